The van der Waals surface area contributed by atoms with Gasteiger partial charge in [-0.2, -0.15) is 0 Å². The van der Waals surface area contributed by atoms with Crippen molar-refractivity contribution >= 4 is 17.3 Å². The number of hydrogen-bond donors (Lipinski definition) is 2. The van der Waals surface area contributed by atoms with E-state index in [0.717, 1.165) is 18.8 Å². The third-order valence-corrected chi connectivity index (χ3v) is 3.37. The molecule has 2 rings (SSSR count). The summed E-state index contributed by atoms with van der Waals surface area (Å²) in [5, 5.41) is 2.81. The van der Waals surface area contributed by atoms with Gasteiger partial charge in [-0.05, 0) is 43.5 Å². The summed E-state index contributed by atoms with van der Waals surface area (Å²) in [4.78, 5) is 14.0. The van der Waals surface area contributed by atoms with E-state index in [1.54, 1.807) is 0 Å². The molecule has 1 aliphatic rings. The molecule has 1 amide bonds. The second-order valence-electron chi connectivity index (χ2n) is 4.98. The van der Waals surface area contributed by atoms with E-state index >= 15 is 0 Å². The van der Waals surface area contributed by atoms with E-state index in [1.165, 1.54) is 24.9 Å². The Balaban J connectivity index is 1.83. The molecule has 1 aliphatic heterocycles. The van der Waals surface area contributed by atoms with Crippen LogP contribution in [0.15, 0.2) is 24.3 Å². The van der Waals surface area contributed by atoms with Crippen molar-refractivity contribution in [1.82, 2.24) is 0 Å². The van der Waals surface area contributed by atoms with Crippen LogP contribution in [0.25, 0.3) is 0 Å². The Morgan fingerprint density at radius 2 is 1.90 bits per heavy atom. The molecule has 20 heavy (non-hydrogen) atoms. The minimum absolute atomic E-state index is 0.0467. The van der Waals surface area contributed by atoms with Gasteiger partial charge < -0.3 is 20.7 Å². The number of amides is 1. The second kappa shape index (κ2) is 7.87. The van der Waals surface area contributed by atoms with E-state index in [1.807, 2.05) is 12.1 Å². The zero-order valence-electron chi connectivity index (χ0n) is 11.8. The number of anilines is 2. The molecule has 3 N–H and O–H groups in total. The van der Waals surface area contributed by atoms with Gasteiger partial charge in [-0.15, -0.1) is 0 Å². The lowest BCUT2D eigenvalue weighted by Gasteiger charge is -2.28. The molecule has 1 heterocycles. The highest BCUT2D eigenvalue weighted by molar-refractivity contribution is 5.91. The predicted octanol–water partition coefficient (Wildman–Crippen LogP) is 1.59. The van der Waals surface area contributed by atoms with Crippen molar-refractivity contribution in [3.8, 4) is 0 Å². The molecule has 5 nitrogen and oxygen atoms in total. The Hall–Kier alpha value is -1.59. The number of rotatable bonds is 6. The molecule has 110 valence electrons. The van der Waals surface area contributed by atoms with Crippen molar-refractivity contribution in [2.45, 2.75) is 19.3 Å². The van der Waals surface area contributed by atoms with Gasteiger partial charge in [0.1, 0.15) is 6.61 Å². The van der Waals surface area contributed by atoms with E-state index in [9.17, 15) is 4.79 Å². The van der Waals surface area contributed by atoms with Crippen LogP contribution in [0.4, 0.5) is 11.4 Å². The zero-order chi connectivity index (χ0) is 14.2. The SMILES string of the molecule is NCCOCC(=O)Nc1ccc(N2CCCCC2)cc1. The van der Waals surface area contributed by atoms with Crippen LogP contribution >= 0.6 is 0 Å². The van der Waals surface area contributed by atoms with E-state index in [2.05, 4.69) is 22.3 Å². The Bertz CT molecular complexity index is 414. The van der Waals surface area contributed by atoms with Gasteiger partial charge in [0.25, 0.3) is 0 Å². The van der Waals surface area contributed by atoms with Crippen molar-refractivity contribution in [1.29, 1.82) is 0 Å². The molecule has 1 saturated heterocycles. The molecule has 1 aromatic rings. The van der Waals surface area contributed by atoms with Crippen molar-refractivity contribution in [3.63, 3.8) is 0 Å². The summed E-state index contributed by atoms with van der Waals surface area (Å²) in [6.45, 7) is 3.13. The number of nitrogens with two attached hydrogens (primary N) is 1. The minimum Gasteiger partial charge on any atom is -0.372 e. The minimum atomic E-state index is -0.149. The van der Waals surface area contributed by atoms with Crippen molar-refractivity contribution in [2.24, 2.45) is 5.73 Å². The van der Waals surface area contributed by atoms with Crippen LogP contribution in [0.3, 0.4) is 0 Å². The standard InChI is InChI=1S/C15H23N3O2/c16-8-11-20-12-15(19)17-13-4-6-14(7-5-13)18-9-2-1-3-10-18/h4-7H,1-3,8-12,16H2,(H,17,19). The summed E-state index contributed by atoms with van der Waals surface area (Å²) < 4.78 is 5.09. The summed E-state index contributed by atoms with van der Waals surface area (Å²) in [5.74, 6) is -0.149. The molecule has 0 bridgehead atoms. The van der Waals surface area contributed by atoms with Crippen LogP contribution in [0.1, 0.15) is 19.3 Å². The monoisotopic (exact) mass is 277 g/mol. The van der Waals surface area contributed by atoms with Gasteiger partial charge >= 0.3 is 0 Å². The molecular formula is C15H23N3O2. The zero-order valence-corrected chi connectivity index (χ0v) is 11.8. The quantitative estimate of drug-likeness (QED) is 0.775. The number of nitrogens with zero attached hydrogens (tertiary/aromatic N) is 1. The third kappa shape index (κ3) is 4.51. The molecule has 0 saturated carbocycles. The molecule has 0 unspecified atom stereocenters. The topological polar surface area (TPSA) is 67.6 Å². The van der Waals surface area contributed by atoms with Gasteiger partial charge in [0.05, 0.1) is 6.61 Å². The first kappa shape index (κ1) is 14.8. The maximum absolute atomic E-state index is 11.6. The Kier molecular flexibility index (Phi) is 5.83. The first-order valence-electron chi connectivity index (χ1n) is 7.22. The van der Waals surface area contributed by atoms with Crippen molar-refractivity contribution in [3.05, 3.63) is 24.3 Å². The number of benzene rings is 1. The van der Waals surface area contributed by atoms with Crippen LogP contribution in [-0.4, -0.2) is 38.8 Å². The van der Waals surface area contributed by atoms with E-state index in [-0.39, 0.29) is 12.5 Å². The van der Waals surface area contributed by atoms with Crippen LogP contribution in [-0.2, 0) is 9.53 Å². The first-order valence-corrected chi connectivity index (χ1v) is 7.22. The van der Waals surface area contributed by atoms with Gasteiger partial charge in [-0.25, -0.2) is 0 Å². The lowest BCUT2D eigenvalue weighted by molar-refractivity contribution is -0.120. The fourth-order valence-electron chi connectivity index (χ4n) is 2.35. The Morgan fingerprint density at radius 3 is 2.55 bits per heavy atom. The second-order valence-corrected chi connectivity index (χ2v) is 4.98. The number of carbonyl (C=O) groups excluding carboxylic acids is 1. The fraction of sp³-hybridized carbons (Fsp3) is 0.533. The molecule has 1 aromatic carbocycles. The average molecular weight is 277 g/mol. The highest BCUT2D eigenvalue weighted by Crippen LogP contribution is 2.21. The normalized spacial score (nSPS) is 15.2. The molecule has 1 fully saturated rings. The lowest BCUT2D eigenvalue weighted by atomic mass is 10.1. The van der Waals surface area contributed by atoms with Crippen molar-refractivity contribution < 1.29 is 9.53 Å². The number of piperidine rings is 1. The lowest BCUT2D eigenvalue weighted by Crippen LogP contribution is -2.29. The van der Waals surface area contributed by atoms with E-state index in [4.69, 9.17) is 10.5 Å². The van der Waals surface area contributed by atoms with Gasteiger partial charge in [0, 0.05) is 31.0 Å². The highest BCUT2D eigenvalue weighted by atomic mass is 16.5. The summed E-state index contributed by atoms with van der Waals surface area (Å²) in [7, 11) is 0. The number of hydrogen-bond acceptors (Lipinski definition) is 4. The average Bonchev–Trinajstić information content (AvgIpc) is 2.49. The predicted molar refractivity (Wildman–Crippen MR) is 81.0 cm³/mol. The van der Waals surface area contributed by atoms with Crippen molar-refractivity contribution in [2.75, 3.05) is 43.1 Å². The van der Waals surface area contributed by atoms with E-state index in [0.29, 0.717) is 13.2 Å². The van der Waals surface area contributed by atoms with E-state index < -0.39 is 0 Å². The fourth-order valence-corrected chi connectivity index (χ4v) is 2.35. The maximum atomic E-state index is 11.6. The summed E-state index contributed by atoms with van der Waals surface area (Å²) in [6, 6.07) is 7.99. The summed E-state index contributed by atoms with van der Waals surface area (Å²) in [5.41, 5.74) is 7.32. The molecular weight excluding hydrogens is 254 g/mol. The molecule has 0 spiro atoms. The first-order chi connectivity index (χ1) is 9.79. The Labute approximate surface area is 120 Å². The highest BCUT2D eigenvalue weighted by Gasteiger charge is 2.10. The van der Waals surface area contributed by atoms with Gasteiger partial charge in [0.15, 0.2) is 0 Å². The van der Waals surface area contributed by atoms with Crippen LogP contribution < -0.4 is 16.0 Å². The summed E-state index contributed by atoms with van der Waals surface area (Å²) >= 11 is 0. The number of carbonyl (C=O) groups is 1. The molecule has 5 heteroatoms. The van der Waals surface area contributed by atoms with Gasteiger partial charge in [-0.1, -0.05) is 0 Å². The smallest absolute Gasteiger partial charge is 0.250 e. The molecule has 0 aliphatic carbocycles. The maximum Gasteiger partial charge on any atom is 0.250 e. The number of ether oxygens (including phenoxy) is 1. The molecule has 0 aromatic heterocycles. The molecule has 0 radical (unpaired) electrons. The summed E-state index contributed by atoms with van der Waals surface area (Å²) in [6.07, 6.45) is 3.85. The van der Waals surface area contributed by atoms with Gasteiger partial charge in [0.2, 0.25) is 5.91 Å². The Morgan fingerprint density at radius 1 is 1.20 bits per heavy atom. The van der Waals surface area contributed by atoms with Crippen LogP contribution in [0.5, 0.6) is 0 Å². The van der Waals surface area contributed by atoms with Crippen LogP contribution in [0, 0.1) is 0 Å². The number of nitrogens with one attached hydrogen (secondary N) is 1. The third-order valence-electron chi connectivity index (χ3n) is 3.37. The van der Waals surface area contributed by atoms with Crippen LogP contribution in [0.2, 0.25) is 0 Å². The van der Waals surface area contributed by atoms with Gasteiger partial charge in [-0.3, -0.25) is 4.79 Å². The molecule has 0 atom stereocenters. The largest absolute Gasteiger partial charge is 0.372 e.